The minimum absolute atomic E-state index is 0.0951. The molecule has 1 atom stereocenters. The van der Waals surface area contributed by atoms with Gasteiger partial charge in [0.15, 0.2) is 6.04 Å². The van der Waals surface area contributed by atoms with Gasteiger partial charge in [0, 0.05) is 10.7 Å². The Hall–Kier alpha value is -1.06. The number of nitrogens with one attached hydrogen (secondary N) is 1. The van der Waals surface area contributed by atoms with Crippen LogP contribution in [-0.2, 0) is 4.79 Å². The fourth-order valence-corrected chi connectivity index (χ4v) is 0.925. The second-order valence-electron chi connectivity index (χ2n) is 2.90. The molecule has 0 aromatic heterocycles. The molecule has 0 unspecified atom stereocenters. The number of carbonyl (C=O) groups is 1. The van der Waals surface area contributed by atoms with Crippen LogP contribution in [0.3, 0.4) is 0 Å². The van der Waals surface area contributed by atoms with E-state index in [9.17, 15) is 4.79 Å². The summed E-state index contributed by atoms with van der Waals surface area (Å²) < 4.78 is 0. The standard InChI is InChI=1S/C9H11ClN2O/c1-6(11)9(13)12-8-4-2-7(10)3-5-8/h2-6H,11H2,1H3,(H,12,13)/p+1/t6-/m1/s1. The maximum Gasteiger partial charge on any atom is 0.282 e. The number of rotatable bonds is 2. The lowest BCUT2D eigenvalue weighted by molar-refractivity contribution is -0.396. The summed E-state index contributed by atoms with van der Waals surface area (Å²) in [6, 6.07) is 6.71. The molecule has 0 radical (unpaired) electrons. The minimum Gasteiger partial charge on any atom is -0.348 e. The van der Waals surface area contributed by atoms with Gasteiger partial charge in [0.1, 0.15) is 0 Å². The Morgan fingerprint density at radius 1 is 1.46 bits per heavy atom. The molecule has 0 aliphatic heterocycles. The van der Waals surface area contributed by atoms with Crippen molar-refractivity contribution in [2.75, 3.05) is 5.32 Å². The van der Waals surface area contributed by atoms with Crippen LogP contribution in [0.15, 0.2) is 24.3 Å². The second-order valence-corrected chi connectivity index (χ2v) is 3.33. The van der Waals surface area contributed by atoms with Crippen molar-refractivity contribution in [3.8, 4) is 0 Å². The first-order valence-electron chi connectivity index (χ1n) is 3.99. The molecule has 4 N–H and O–H groups in total. The lowest BCUT2D eigenvalue weighted by Crippen LogP contribution is -2.64. The summed E-state index contributed by atoms with van der Waals surface area (Å²) in [6.45, 7) is 1.74. The molecule has 13 heavy (non-hydrogen) atoms. The molecule has 1 aromatic carbocycles. The van der Waals surface area contributed by atoms with E-state index in [-0.39, 0.29) is 11.9 Å². The zero-order valence-electron chi connectivity index (χ0n) is 7.38. The van der Waals surface area contributed by atoms with Crippen LogP contribution < -0.4 is 11.1 Å². The Morgan fingerprint density at radius 2 is 2.00 bits per heavy atom. The topological polar surface area (TPSA) is 56.7 Å². The number of hydrogen-bond acceptors (Lipinski definition) is 1. The highest BCUT2D eigenvalue weighted by Gasteiger charge is 2.09. The molecule has 0 heterocycles. The molecular weight excluding hydrogens is 188 g/mol. The SMILES string of the molecule is C[C@@H]([NH3+])C(=O)Nc1ccc(Cl)cc1. The van der Waals surface area contributed by atoms with Crippen LogP contribution in [0.1, 0.15) is 6.92 Å². The minimum atomic E-state index is -0.254. The van der Waals surface area contributed by atoms with E-state index >= 15 is 0 Å². The van der Waals surface area contributed by atoms with Crippen LogP contribution >= 0.6 is 11.6 Å². The predicted molar refractivity (Wildman–Crippen MR) is 52.4 cm³/mol. The first-order valence-corrected chi connectivity index (χ1v) is 4.37. The van der Waals surface area contributed by atoms with Crippen LogP contribution in [-0.4, -0.2) is 11.9 Å². The number of quaternary nitrogens is 1. The summed E-state index contributed by atoms with van der Waals surface area (Å²) in [5.74, 6) is -0.0951. The van der Waals surface area contributed by atoms with Crippen LogP contribution in [0, 0.1) is 0 Å². The van der Waals surface area contributed by atoms with Crippen LogP contribution in [0.2, 0.25) is 5.02 Å². The van der Waals surface area contributed by atoms with E-state index in [4.69, 9.17) is 11.6 Å². The fourth-order valence-electron chi connectivity index (χ4n) is 0.799. The zero-order chi connectivity index (χ0) is 9.84. The maximum atomic E-state index is 11.2. The first-order chi connectivity index (χ1) is 6.09. The van der Waals surface area contributed by atoms with Gasteiger partial charge in [0.2, 0.25) is 0 Å². The van der Waals surface area contributed by atoms with Crippen molar-refractivity contribution in [1.82, 2.24) is 0 Å². The number of anilines is 1. The number of halogens is 1. The molecule has 0 aliphatic rings. The number of amides is 1. The van der Waals surface area contributed by atoms with E-state index in [2.05, 4.69) is 11.1 Å². The van der Waals surface area contributed by atoms with Gasteiger partial charge in [0.25, 0.3) is 5.91 Å². The average Bonchev–Trinajstić information content (AvgIpc) is 2.08. The van der Waals surface area contributed by atoms with Gasteiger partial charge < -0.3 is 11.1 Å². The van der Waals surface area contributed by atoms with Crippen molar-refractivity contribution in [2.24, 2.45) is 0 Å². The molecule has 0 bridgehead atoms. The highest BCUT2D eigenvalue weighted by Crippen LogP contribution is 2.13. The van der Waals surface area contributed by atoms with Gasteiger partial charge in [-0.25, -0.2) is 0 Å². The summed E-state index contributed by atoms with van der Waals surface area (Å²) >= 11 is 5.69. The molecule has 0 saturated carbocycles. The molecule has 3 nitrogen and oxygen atoms in total. The largest absolute Gasteiger partial charge is 0.348 e. The Labute approximate surface area is 81.9 Å². The number of carbonyl (C=O) groups excluding carboxylic acids is 1. The quantitative estimate of drug-likeness (QED) is 0.731. The van der Waals surface area contributed by atoms with E-state index in [1.807, 2.05) is 0 Å². The van der Waals surface area contributed by atoms with E-state index in [0.717, 1.165) is 5.69 Å². The monoisotopic (exact) mass is 199 g/mol. The summed E-state index contributed by atoms with van der Waals surface area (Å²) in [6.07, 6.45) is 0. The Bertz CT molecular complexity index is 295. The highest BCUT2D eigenvalue weighted by molar-refractivity contribution is 6.30. The van der Waals surface area contributed by atoms with Crippen molar-refractivity contribution in [3.63, 3.8) is 0 Å². The molecule has 1 rings (SSSR count). The maximum absolute atomic E-state index is 11.2. The summed E-state index contributed by atoms with van der Waals surface area (Å²) in [5.41, 5.74) is 4.35. The third kappa shape index (κ3) is 3.05. The molecule has 0 spiro atoms. The van der Waals surface area contributed by atoms with E-state index in [0.29, 0.717) is 5.02 Å². The fraction of sp³-hybridized carbons (Fsp3) is 0.222. The third-order valence-electron chi connectivity index (χ3n) is 1.56. The lowest BCUT2D eigenvalue weighted by Gasteiger charge is -2.04. The van der Waals surface area contributed by atoms with Crippen LogP contribution in [0.4, 0.5) is 5.69 Å². The molecule has 0 fully saturated rings. The zero-order valence-corrected chi connectivity index (χ0v) is 8.14. The Kier molecular flexibility index (Phi) is 3.28. The van der Waals surface area contributed by atoms with Gasteiger partial charge in [-0.2, -0.15) is 0 Å². The Morgan fingerprint density at radius 3 is 2.46 bits per heavy atom. The molecular formula is C9H12ClN2O+. The van der Waals surface area contributed by atoms with Gasteiger partial charge in [-0.1, -0.05) is 11.6 Å². The van der Waals surface area contributed by atoms with E-state index in [1.165, 1.54) is 0 Å². The normalized spacial score (nSPS) is 12.2. The van der Waals surface area contributed by atoms with Crippen LogP contribution in [0.5, 0.6) is 0 Å². The van der Waals surface area contributed by atoms with Crippen molar-refractivity contribution in [3.05, 3.63) is 29.3 Å². The summed E-state index contributed by atoms with van der Waals surface area (Å²) in [7, 11) is 0. The third-order valence-corrected chi connectivity index (χ3v) is 1.81. The van der Waals surface area contributed by atoms with Crippen molar-refractivity contribution < 1.29 is 10.5 Å². The predicted octanol–water partition coefficient (Wildman–Crippen LogP) is 0.909. The average molecular weight is 200 g/mol. The second kappa shape index (κ2) is 4.25. The Balaban J connectivity index is 2.65. The van der Waals surface area contributed by atoms with Crippen LogP contribution in [0.25, 0.3) is 0 Å². The molecule has 1 amide bonds. The number of benzene rings is 1. The van der Waals surface area contributed by atoms with Crippen molar-refractivity contribution >= 4 is 23.2 Å². The van der Waals surface area contributed by atoms with Gasteiger partial charge in [-0.3, -0.25) is 4.79 Å². The summed E-state index contributed by atoms with van der Waals surface area (Å²) in [5, 5.41) is 3.36. The van der Waals surface area contributed by atoms with Gasteiger partial charge in [0.05, 0.1) is 0 Å². The van der Waals surface area contributed by atoms with Gasteiger partial charge >= 0.3 is 0 Å². The van der Waals surface area contributed by atoms with Crippen molar-refractivity contribution in [1.29, 1.82) is 0 Å². The number of hydrogen-bond donors (Lipinski definition) is 2. The van der Waals surface area contributed by atoms with E-state index < -0.39 is 0 Å². The van der Waals surface area contributed by atoms with Gasteiger partial charge in [-0.15, -0.1) is 0 Å². The highest BCUT2D eigenvalue weighted by atomic mass is 35.5. The smallest absolute Gasteiger partial charge is 0.282 e. The first kappa shape index (κ1) is 10.0. The molecule has 0 saturated heterocycles. The molecule has 0 aliphatic carbocycles. The molecule has 4 heteroatoms. The lowest BCUT2D eigenvalue weighted by atomic mass is 10.3. The summed E-state index contributed by atoms with van der Waals surface area (Å²) in [4.78, 5) is 11.2. The van der Waals surface area contributed by atoms with Crippen molar-refractivity contribution in [2.45, 2.75) is 13.0 Å². The molecule has 70 valence electrons. The van der Waals surface area contributed by atoms with Gasteiger partial charge in [-0.05, 0) is 31.2 Å². The van der Waals surface area contributed by atoms with E-state index in [1.54, 1.807) is 31.2 Å². The molecule has 1 aromatic rings.